The predicted octanol–water partition coefficient (Wildman–Crippen LogP) is 1.26. The summed E-state index contributed by atoms with van der Waals surface area (Å²) in [5.74, 6) is 0.909. The van der Waals surface area contributed by atoms with Gasteiger partial charge in [-0.25, -0.2) is 0 Å². The van der Waals surface area contributed by atoms with Crippen LogP contribution >= 0.6 is 0 Å². The molecule has 3 heteroatoms. The van der Waals surface area contributed by atoms with E-state index in [0.29, 0.717) is 12.6 Å². The topological polar surface area (TPSA) is 41.5 Å². The van der Waals surface area contributed by atoms with Crippen molar-refractivity contribution in [3.8, 4) is 5.75 Å². The molecule has 0 saturated heterocycles. The molecular weight excluding hydrogens is 190 g/mol. The van der Waals surface area contributed by atoms with Crippen LogP contribution in [-0.2, 0) is 6.42 Å². The molecule has 0 amide bonds. The van der Waals surface area contributed by atoms with Crippen LogP contribution in [0.5, 0.6) is 5.75 Å². The number of aliphatic hydroxyl groups is 1. The van der Waals surface area contributed by atoms with Crippen LogP contribution in [0.15, 0.2) is 18.2 Å². The summed E-state index contributed by atoms with van der Waals surface area (Å²) in [6.07, 6.45) is 2.23. The Bertz CT molecular complexity index is 338. The quantitative estimate of drug-likeness (QED) is 0.781. The summed E-state index contributed by atoms with van der Waals surface area (Å²) in [5, 5.41) is 12.1. The molecule has 3 nitrogen and oxygen atoms in total. The molecule has 1 aromatic carbocycles. The van der Waals surface area contributed by atoms with Gasteiger partial charge in [0.05, 0.1) is 13.7 Å². The maximum Gasteiger partial charge on any atom is 0.119 e. The first kappa shape index (κ1) is 10.5. The fraction of sp³-hybridized carbons (Fsp3) is 0.500. The van der Waals surface area contributed by atoms with Gasteiger partial charge >= 0.3 is 0 Å². The Morgan fingerprint density at radius 3 is 3.13 bits per heavy atom. The van der Waals surface area contributed by atoms with E-state index in [1.165, 1.54) is 11.1 Å². The van der Waals surface area contributed by atoms with Gasteiger partial charge < -0.3 is 15.2 Å². The highest BCUT2D eigenvalue weighted by molar-refractivity contribution is 5.40. The lowest BCUT2D eigenvalue weighted by Gasteiger charge is -2.13. The molecule has 0 saturated carbocycles. The third-order valence-electron chi connectivity index (χ3n) is 2.93. The lowest BCUT2D eigenvalue weighted by molar-refractivity contribution is 0.284. The van der Waals surface area contributed by atoms with Crippen molar-refractivity contribution in [3.05, 3.63) is 29.3 Å². The molecule has 1 aromatic rings. The first-order chi connectivity index (χ1) is 7.35. The second-order valence-electron chi connectivity index (χ2n) is 3.83. The van der Waals surface area contributed by atoms with Crippen LogP contribution in [0.4, 0.5) is 0 Å². The van der Waals surface area contributed by atoms with E-state index in [4.69, 9.17) is 9.84 Å². The van der Waals surface area contributed by atoms with Crippen molar-refractivity contribution in [1.82, 2.24) is 5.32 Å². The minimum Gasteiger partial charge on any atom is -0.497 e. The van der Waals surface area contributed by atoms with Gasteiger partial charge in [-0.2, -0.15) is 0 Å². The van der Waals surface area contributed by atoms with Crippen molar-refractivity contribution in [3.63, 3.8) is 0 Å². The Kier molecular flexibility index (Phi) is 3.23. The lowest BCUT2D eigenvalue weighted by atomic mass is 10.1. The maximum absolute atomic E-state index is 8.79. The van der Waals surface area contributed by atoms with E-state index in [1.807, 2.05) is 6.07 Å². The molecule has 0 bridgehead atoms. The van der Waals surface area contributed by atoms with Crippen LogP contribution in [0, 0.1) is 0 Å². The largest absolute Gasteiger partial charge is 0.497 e. The number of aryl methyl sites for hydroxylation is 1. The average molecular weight is 207 g/mol. The minimum absolute atomic E-state index is 0.190. The van der Waals surface area contributed by atoms with Crippen LogP contribution in [0.1, 0.15) is 23.6 Å². The van der Waals surface area contributed by atoms with Crippen LogP contribution in [0.25, 0.3) is 0 Å². The molecule has 2 rings (SSSR count). The summed E-state index contributed by atoms with van der Waals surface area (Å²) in [7, 11) is 1.69. The van der Waals surface area contributed by atoms with Crippen molar-refractivity contribution in [2.24, 2.45) is 0 Å². The zero-order valence-corrected chi connectivity index (χ0v) is 8.99. The van der Waals surface area contributed by atoms with Gasteiger partial charge in [-0.1, -0.05) is 6.07 Å². The molecule has 0 aliphatic heterocycles. The highest BCUT2D eigenvalue weighted by atomic mass is 16.5. The van der Waals surface area contributed by atoms with E-state index < -0.39 is 0 Å². The third-order valence-corrected chi connectivity index (χ3v) is 2.93. The standard InChI is InChI=1S/C12H17NO2/c1-15-10-4-2-9-3-5-12(11(9)8-10)13-6-7-14/h2,4,8,12-14H,3,5-7H2,1H3. The van der Waals surface area contributed by atoms with E-state index in [9.17, 15) is 0 Å². The predicted molar refractivity (Wildman–Crippen MR) is 59.1 cm³/mol. The first-order valence-corrected chi connectivity index (χ1v) is 5.36. The second-order valence-corrected chi connectivity index (χ2v) is 3.83. The molecule has 2 N–H and O–H groups in total. The number of fused-ring (bicyclic) bond motifs is 1. The molecule has 1 unspecified atom stereocenters. The maximum atomic E-state index is 8.79. The average Bonchev–Trinajstić information content (AvgIpc) is 2.68. The van der Waals surface area contributed by atoms with Crippen LogP contribution in [0.3, 0.4) is 0 Å². The van der Waals surface area contributed by atoms with Gasteiger partial charge in [0.15, 0.2) is 0 Å². The Hall–Kier alpha value is -1.06. The third kappa shape index (κ3) is 2.13. The smallest absolute Gasteiger partial charge is 0.119 e. The van der Waals surface area contributed by atoms with Gasteiger partial charge in [-0.05, 0) is 36.1 Å². The van der Waals surface area contributed by atoms with Crippen LogP contribution in [-0.4, -0.2) is 25.4 Å². The molecule has 1 aliphatic carbocycles. The number of ether oxygens (including phenoxy) is 1. The number of rotatable bonds is 4. The Morgan fingerprint density at radius 1 is 1.53 bits per heavy atom. The summed E-state index contributed by atoms with van der Waals surface area (Å²) in [4.78, 5) is 0. The second kappa shape index (κ2) is 4.64. The number of methoxy groups -OCH3 is 1. The molecule has 0 fully saturated rings. The number of hydrogen-bond donors (Lipinski definition) is 2. The van der Waals surface area contributed by atoms with Crippen molar-refractivity contribution < 1.29 is 9.84 Å². The summed E-state index contributed by atoms with van der Waals surface area (Å²) in [5.41, 5.74) is 2.72. The Morgan fingerprint density at radius 2 is 2.40 bits per heavy atom. The fourth-order valence-corrected chi connectivity index (χ4v) is 2.16. The van der Waals surface area contributed by atoms with Gasteiger partial charge in [0.25, 0.3) is 0 Å². The molecule has 15 heavy (non-hydrogen) atoms. The van der Waals surface area contributed by atoms with E-state index in [0.717, 1.165) is 18.6 Å². The van der Waals surface area contributed by atoms with E-state index in [2.05, 4.69) is 17.4 Å². The molecule has 0 spiro atoms. The number of benzene rings is 1. The highest BCUT2D eigenvalue weighted by Crippen LogP contribution is 2.33. The van der Waals surface area contributed by atoms with Gasteiger partial charge in [-0.15, -0.1) is 0 Å². The molecule has 0 aromatic heterocycles. The summed E-state index contributed by atoms with van der Waals surface area (Å²) in [6, 6.07) is 6.61. The number of aliphatic hydroxyl groups excluding tert-OH is 1. The zero-order valence-electron chi connectivity index (χ0n) is 8.99. The van der Waals surface area contributed by atoms with E-state index in [1.54, 1.807) is 7.11 Å². The molecule has 1 aliphatic rings. The van der Waals surface area contributed by atoms with Crippen molar-refractivity contribution in [2.45, 2.75) is 18.9 Å². The minimum atomic E-state index is 0.190. The SMILES string of the molecule is COc1ccc2c(c1)C(NCCO)CC2. The summed E-state index contributed by atoms with van der Waals surface area (Å²) >= 11 is 0. The fourth-order valence-electron chi connectivity index (χ4n) is 2.16. The van der Waals surface area contributed by atoms with Gasteiger partial charge in [0.1, 0.15) is 5.75 Å². The molecule has 0 heterocycles. The van der Waals surface area contributed by atoms with Crippen LogP contribution < -0.4 is 10.1 Å². The molecular formula is C12H17NO2. The lowest BCUT2D eigenvalue weighted by Crippen LogP contribution is -2.22. The van der Waals surface area contributed by atoms with Crippen molar-refractivity contribution in [1.29, 1.82) is 0 Å². The van der Waals surface area contributed by atoms with Gasteiger partial charge in [0, 0.05) is 12.6 Å². The summed E-state index contributed by atoms with van der Waals surface area (Å²) in [6.45, 7) is 0.844. The Balaban J connectivity index is 2.16. The highest BCUT2D eigenvalue weighted by Gasteiger charge is 2.21. The van der Waals surface area contributed by atoms with Gasteiger partial charge in [0.2, 0.25) is 0 Å². The monoisotopic (exact) mass is 207 g/mol. The van der Waals surface area contributed by atoms with Gasteiger partial charge in [-0.3, -0.25) is 0 Å². The normalized spacial score (nSPS) is 18.9. The summed E-state index contributed by atoms with van der Waals surface area (Å²) < 4.78 is 5.22. The molecule has 1 atom stereocenters. The van der Waals surface area contributed by atoms with Crippen LogP contribution in [0.2, 0.25) is 0 Å². The van der Waals surface area contributed by atoms with Crippen molar-refractivity contribution in [2.75, 3.05) is 20.3 Å². The first-order valence-electron chi connectivity index (χ1n) is 5.36. The number of hydrogen-bond acceptors (Lipinski definition) is 3. The molecule has 82 valence electrons. The number of nitrogens with one attached hydrogen (secondary N) is 1. The zero-order chi connectivity index (χ0) is 10.7. The molecule has 0 radical (unpaired) electrons. The van der Waals surface area contributed by atoms with Crippen molar-refractivity contribution >= 4 is 0 Å². The Labute approximate surface area is 90.1 Å². The van der Waals surface area contributed by atoms with E-state index in [-0.39, 0.29) is 6.61 Å². The van der Waals surface area contributed by atoms with E-state index >= 15 is 0 Å².